The minimum absolute atomic E-state index is 0.207. The number of amides is 3. The Morgan fingerprint density at radius 2 is 1.94 bits per heavy atom. The van der Waals surface area contributed by atoms with Crippen LogP contribution in [-0.2, 0) is 4.79 Å². The molecule has 162 valence electrons. The van der Waals surface area contributed by atoms with Crippen LogP contribution in [0, 0.1) is 0 Å². The van der Waals surface area contributed by atoms with Gasteiger partial charge in [-0.15, -0.1) is 0 Å². The highest BCUT2D eigenvalue weighted by Crippen LogP contribution is 2.32. The maximum Gasteiger partial charge on any atom is 0.256 e. The Bertz CT molecular complexity index is 1190. The molecule has 0 spiro atoms. The summed E-state index contributed by atoms with van der Waals surface area (Å²) in [5.41, 5.74) is 3.44. The van der Waals surface area contributed by atoms with E-state index in [1.165, 1.54) is 0 Å². The van der Waals surface area contributed by atoms with Crippen LogP contribution in [0.2, 0.25) is 0 Å². The van der Waals surface area contributed by atoms with Crippen molar-refractivity contribution in [2.24, 2.45) is 0 Å². The first-order chi connectivity index (χ1) is 15.5. The maximum atomic E-state index is 13.4. The number of anilines is 1. The minimum Gasteiger partial charge on any atom is -0.497 e. The van der Waals surface area contributed by atoms with Crippen molar-refractivity contribution in [3.8, 4) is 16.9 Å². The molecule has 3 heterocycles. The molecule has 5 rings (SSSR count). The second-order valence-electron chi connectivity index (χ2n) is 7.87. The quantitative estimate of drug-likeness (QED) is 0.642. The fraction of sp³-hybridized carbons (Fsp3) is 0.208. The van der Waals surface area contributed by atoms with Gasteiger partial charge >= 0.3 is 0 Å². The Kier molecular flexibility index (Phi) is 5.14. The Morgan fingerprint density at radius 3 is 2.66 bits per heavy atom. The molecule has 2 atom stereocenters. The summed E-state index contributed by atoms with van der Waals surface area (Å²) in [6, 6.07) is 13.4. The third kappa shape index (κ3) is 3.62. The highest BCUT2D eigenvalue weighted by Gasteiger charge is 2.43. The molecule has 2 aromatic carbocycles. The number of fused-ring (bicyclic) bond motifs is 2. The molecular formula is C24H21N3O4S. The fourth-order valence-electron chi connectivity index (χ4n) is 4.23. The summed E-state index contributed by atoms with van der Waals surface area (Å²) in [5, 5.41) is 9.85. The number of hydrogen-bond acceptors (Lipinski definition) is 5. The largest absolute Gasteiger partial charge is 0.497 e. The molecule has 0 saturated carbocycles. The van der Waals surface area contributed by atoms with Gasteiger partial charge in [-0.05, 0) is 70.8 Å². The first-order valence-electron chi connectivity index (χ1n) is 10.3. The lowest BCUT2D eigenvalue weighted by atomic mass is 10.0. The Labute approximate surface area is 189 Å². The summed E-state index contributed by atoms with van der Waals surface area (Å²) in [7, 11) is 1.57. The number of nitrogens with zero attached hydrogens (tertiary/aromatic N) is 1. The zero-order valence-electron chi connectivity index (χ0n) is 17.3. The molecule has 7 nitrogen and oxygen atoms in total. The molecule has 2 N–H and O–H groups in total. The standard InChI is InChI=1S/C24H21N3O4S/c1-31-18-5-2-14(3-6-18)22(28)25-17-11-21-23(29)26-20-7-4-15(16-8-9-32-13-16)10-19(20)24(30)27(21)12-17/h2-10,13,17,21H,11-12H2,1H3,(H,25,28)(H,26,29). The Morgan fingerprint density at radius 1 is 1.12 bits per heavy atom. The molecule has 3 amide bonds. The monoisotopic (exact) mass is 447 g/mol. The number of methoxy groups -OCH3 is 1. The van der Waals surface area contributed by atoms with E-state index in [4.69, 9.17) is 4.74 Å². The predicted molar refractivity (Wildman–Crippen MR) is 122 cm³/mol. The number of thiophene rings is 1. The fourth-order valence-corrected chi connectivity index (χ4v) is 4.90. The van der Waals surface area contributed by atoms with Crippen molar-refractivity contribution in [1.29, 1.82) is 0 Å². The molecule has 1 saturated heterocycles. The van der Waals surface area contributed by atoms with Crippen LogP contribution in [0.25, 0.3) is 11.1 Å². The van der Waals surface area contributed by atoms with Crippen molar-refractivity contribution in [2.75, 3.05) is 19.0 Å². The molecule has 32 heavy (non-hydrogen) atoms. The molecule has 0 aliphatic carbocycles. The predicted octanol–water partition coefficient (Wildman–Crippen LogP) is 3.39. The lowest BCUT2D eigenvalue weighted by Crippen LogP contribution is -2.41. The van der Waals surface area contributed by atoms with Gasteiger partial charge in [0.1, 0.15) is 11.8 Å². The summed E-state index contributed by atoms with van der Waals surface area (Å²) < 4.78 is 5.12. The topological polar surface area (TPSA) is 87.7 Å². The zero-order chi connectivity index (χ0) is 22.2. The molecular weight excluding hydrogens is 426 g/mol. The molecule has 2 unspecified atom stereocenters. The van der Waals surface area contributed by atoms with Crippen molar-refractivity contribution in [1.82, 2.24) is 10.2 Å². The van der Waals surface area contributed by atoms with Crippen molar-refractivity contribution in [3.05, 3.63) is 70.4 Å². The molecule has 0 bridgehead atoms. The average Bonchev–Trinajstić information content (AvgIpc) is 3.48. The number of carbonyl (C=O) groups is 3. The van der Waals surface area contributed by atoms with Gasteiger partial charge in [-0.2, -0.15) is 11.3 Å². The van der Waals surface area contributed by atoms with E-state index in [1.54, 1.807) is 53.7 Å². The van der Waals surface area contributed by atoms with Crippen LogP contribution in [0.1, 0.15) is 27.1 Å². The van der Waals surface area contributed by atoms with E-state index in [9.17, 15) is 14.4 Å². The van der Waals surface area contributed by atoms with E-state index in [-0.39, 0.29) is 30.3 Å². The number of ether oxygens (including phenoxy) is 1. The van der Waals surface area contributed by atoms with E-state index in [1.807, 2.05) is 29.0 Å². The molecule has 2 aliphatic heterocycles. The number of carbonyl (C=O) groups excluding carboxylic acids is 3. The number of benzene rings is 2. The van der Waals surface area contributed by atoms with Crippen LogP contribution < -0.4 is 15.4 Å². The summed E-state index contributed by atoms with van der Waals surface area (Å²) in [4.78, 5) is 40.5. The van der Waals surface area contributed by atoms with E-state index < -0.39 is 6.04 Å². The summed E-state index contributed by atoms with van der Waals surface area (Å²) in [5.74, 6) is -0.0231. The number of rotatable bonds is 4. The minimum atomic E-state index is -0.624. The molecule has 8 heteroatoms. The van der Waals surface area contributed by atoms with E-state index in [0.29, 0.717) is 29.0 Å². The van der Waals surface area contributed by atoms with Gasteiger partial charge < -0.3 is 20.3 Å². The van der Waals surface area contributed by atoms with Crippen molar-refractivity contribution in [3.63, 3.8) is 0 Å². The average molecular weight is 448 g/mol. The van der Waals surface area contributed by atoms with Gasteiger partial charge in [0.2, 0.25) is 5.91 Å². The van der Waals surface area contributed by atoms with Crippen LogP contribution in [0.15, 0.2) is 59.3 Å². The van der Waals surface area contributed by atoms with Crippen LogP contribution in [0.3, 0.4) is 0 Å². The van der Waals surface area contributed by atoms with E-state index in [2.05, 4.69) is 10.6 Å². The van der Waals surface area contributed by atoms with Gasteiger partial charge in [-0.1, -0.05) is 6.07 Å². The second-order valence-corrected chi connectivity index (χ2v) is 8.65. The van der Waals surface area contributed by atoms with Crippen LogP contribution in [-0.4, -0.2) is 48.4 Å². The SMILES string of the molecule is COc1ccc(C(=O)NC2CC3C(=O)Nc4ccc(-c5ccsc5)cc4C(=O)N3C2)cc1. The summed E-state index contributed by atoms with van der Waals surface area (Å²) >= 11 is 1.59. The van der Waals surface area contributed by atoms with Gasteiger partial charge in [0.05, 0.1) is 18.4 Å². The molecule has 3 aromatic rings. The van der Waals surface area contributed by atoms with Crippen LogP contribution in [0.4, 0.5) is 5.69 Å². The second kappa shape index (κ2) is 8.12. The number of hydrogen-bond donors (Lipinski definition) is 2. The molecule has 1 fully saturated rings. The first-order valence-corrected chi connectivity index (χ1v) is 11.2. The van der Waals surface area contributed by atoms with Gasteiger partial charge in [0.25, 0.3) is 11.8 Å². The lowest BCUT2D eigenvalue weighted by Gasteiger charge is -2.20. The Balaban J connectivity index is 1.36. The number of nitrogens with one attached hydrogen (secondary N) is 2. The summed E-state index contributed by atoms with van der Waals surface area (Å²) in [6.07, 6.45) is 0.366. The van der Waals surface area contributed by atoms with Gasteiger partial charge in [-0.3, -0.25) is 14.4 Å². The van der Waals surface area contributed by atoms with Gasteiger partial charge in [0, 0.05) is 18.2 Å². The molecule has 2 aliphatic rings. The van der Waals surface area contributed by atoms with E-state index >= 15 is 0 Å². The van der Waals surface area contributed by atoms with E-state index in [0.717, 1.165) is 11.1 Å². The van der Waals surface area contributed by atoms with Gasteiger partial charge in [0.15, 0.2) is 0 Å². The highest BCUT2D eigenvalue weighted by molar-refractivity contribution is 7.08. The summed E-state index contributed by atoms with van der Waals surface area (Å²) in [6.45, 7) is 0.279. The van der Waals surface area contributed by atoms with Crippen molar-refractivity contribution in [2.45, 2.75) is 18.5 Å². The third-order valence-corrected chi connectivity index (χ3v) is 6.60. The molecule has 0 radical (unpaired) electrons. The normalized spacial score (nSPS) is 19.6. The zero-order valence-corrected chi connectivity index (χ0v) is 18.1. The highest BCUT2D eigenvalue weighted by atomic mass is 32.1. The van der Waals surface area contributed by atoms with Crippen LogP contribution in [0.5, 0.6) is 5.75 Å². The van der Waals surface area contributed by atoms with Crippen molar-refractivity contribution >= 4 is 34.7 Å². The lowest BCUT2D eigenvalue weighted by molar-refractivity contribution is -0.119. The first kappa shape index (κ1) is 20.3. The smallest absolute Gasteiger partial charge is 0.256 e. The third-order valence-electron chi connectivity index (χ3n) is 5.91. The maximum absolute atomic E-state index is 13.4. The molecule has 1 aromatic heterocycles. The van der Waals surface area contributed by atoms with Crippen molar-refractivity contribution < 1.29 is 19.1 Å². The Hall–Kier alpha value is -3.65. The van der Waals surface area contributed by atoms with Crippen LogP contribution >= 0.6 is 11.3 Å². The van der Waals surface area contributed by atoms with Gasteiger partial charge in [-0.25, -0.2) is 0 Å².